The first kappa shape index (κ1) is 21.7. The van der Waals surface area contributed by atoms with Crippen molar-refractivity contribution in [1.82, 2.24) is 9.97 Å². The maximum atomic E-state index is 12.9. The fraction of sp³-hybridized carbons (Fsp3) is 0.105. The number of benzene rings is 2. The summed E-state index contributed by atoms with van der Waals surface area (Å²) in [6.45, 7) is 0. The lowest BCUT2D eigenvalue weighted by Crippen LogP contribution is -2.19. The van der Waals surface area contributed by atoms with E-state index in [0.29, 0.717) is 17.3 Å². The summed E-state index contributed by atoms with van der Waals surface area (Å²) in [7, 11) is 0. The number of alkyl halides is 3. The number of amides is 2. The Balaban J connectivity index is 1.62. The van der Waals surface area contributed by atoms with E-state index in [9.17, 15) is 18.0 Å². The Bertz CT molecular complexity index is 1050. The van der Waals surface area contributed by atoms with Crippen LogP contribution in [0, 0.1) is 0 Å². The minimum Gasteiger partial charge on any atom is -0.439 e. The van der Waals surface area contributed by atoms with Gasteiger partial charge in [-0.1, -0.05) is 11.6 Å². The second-order valence-electron chi connectivity index (χ2n) is 5.80. The molecule has 3 rings (SSSR count). The molecule has 1 heterocycles. The first-order chi connectivity index (χ1) is 14.2. The van der Waals surface area contributed by atoms with Crippen molar-refractivity contribution in [3.8, 4) is 11.6 Å². The summed E-state index contributed by atoms with van der Waals surface area (Å²) in [6, 6.07) is 10.5. The fourth-order valence-electron chi connectivity index (χ4n) is 2.33. The molecule has 1 aromatic heterocycles. The number of halogens is 4. The Kier molecular flexibility index (Phi) is 6.68. The van der Waals surface area contributed by atoms with Gasteiger partial charge in [-0.2, -0.15) is 13.2 Å². The summed E-state index contributed by atoms with van der Waals surface area (Å²) in [5.41, 5.74) is -0.660. The standard InChI is InChI=1S/C19H14ClF3N4O2S/c1-30-17-9-16(24-10-25-17)29-13-5-2-11(3-6-13)26-18(28)27-12-4-7-15(20)14(8-12)19(21,22)23/h2-10H,1H3,(H2,26,27,28). The Morgan fingerprint density at radius 3 is 2.37 bits per heavy atom. The molecule has 156 valence electrons. The van der Waals surface area contributed by atoms with Gasteiger partial charge in [-0.25, -0.2) is 14.8 Å². The van der Waals surface area contributed by atoms with Gasteiger partial charge in [-0.15, -0.1) is 11.8 Å². The zero-order valence-electron chi connectivity index (χ0n) is 15.3. The Morgan fingerprint density at radius 1 is 1.03 bits per heavy atom. The van der Waals surface area contributed by atoms with E-state index >= 15 is 0 Å². The first-order valence-corrected chi connectivity index (χ1v) is 9.93. The van der Waals surface area contributed by atoms with E-state index in [1.165, 1.54) is 24.2 Å². The van der Waals surface area contributed by atoms with E-state index < -0.39 is 22.8 Å². The second kappa shape index (κ2) is 9.23. The fourth-order valence-corrected chi connectivity index (χ4v) is 2.93. The van der Waals surface area contributed by atoms with Crippen LogP contribution in [0.2, 0.25) is 5.02 Å². The maximum absolute atomic E-state index is 12.9. The number of hydrogen-bond donors (Lipinski definition) is 2. The molecule has 0 aliphatic heterocycles. The van der Waals surface area contributed by atoms with Crippen molar-refractivity contribution in [3.63, 3.8) is 0 Å². The lowest BCUT2D eigenvalue weighted by atomic mass is 10.2. The average Bonchev–Trinajstić information content (AvgIpc) is 2.70. The molecule has 6 nitrogen and oxygen atoms in total. The molecule has 2 aromatic carbocycles. The van der Waals surface area contributed by atoms with Crippen molar-refractivity contribution < 1.29 is 22.7 Å². The molecule has 0 radical (unpaired) electrons. The number of anilines is 2. The van der Waals surface area contributed by atoms with Gasteiger partial charge in [0, 0.05) is 17.4 Å². The summed E-state index contributed by atoms with van der Waals surface area (Å²) in [5.74, 6) is 0.857. The van der Waals surface area contributed by atoms with Gasteiger partial charge in [-0.05, 0) is 48.7 Å². The molecule has 0 fully saturated rings. The maximum Gasteiger partial charge on any atom is 0.417 e. The number of ether oxygens (including phenoxy) is 1. The quantitative estimate of drug-likeness (QED) is 0.349. The average molecular weight is 455 g/mol. The number of aromatic nitrogens is 2. The van der Waals surface area contributed by atoms with Crippen molar-refractivity contribution in [2.24, 2.45) is 0 Å². The van der Waals surface area contributed by atoms with Gasteiger partial charge in [0.15, 0.2) is 0 Å². The zero-order valence-corrected chi connectivity index (χ0v) is 16.9. The van der Waals surface area contributed by atoms with Gasteiger partial charge < -0.3 is 15.4 Å². The Morgan fingerprint density at radius 2 is 1.70 bits per heavy atom. The first-order valence-electron chi connectivity index (χ1n) is 8.33. The molecule has 3 aromatic rings. The highest BCUT2D eigenvalue weighted by Crippen LogP contribution is 2.36. The monoisotopic (exact) mass is 454 g/mol. The molecule has 0 aliphatic rings. The smallest absolute Gasteiger partial charge is 0.417 e. The van der Waals surface area contributed by atoms with Gasteiger partial charge >= 0.3 is 12.2 Å². The number of carbonyl (C=O) groups excluding carboxylic acids is 1. The van der Waals surface area contributed by atoms with Crippen molar-refractivity contribution in [3.05, 3.63) is 65.4 Å². The summed E-state index contributed by atoms with van der Waals surface area (Å²) in [6.07, 6.45) is -1.35. The topological polar surface area (TPSA) is 76.1 Å². The van der Waals surface area contributed by atoms with Gasteiger partial charge in [-0.3, -0.25) is 0 Å². The highest BCUT2D eigenvalue weighted by Gasteiger charge is 2.33. The van der Waals surface area contributed by atoms with Gasteiger partial charge in [0.2, 0.25) is 5.88 Å². The zero-order chi connectivity index (χ0) is 21.7. The molecule has 2 N–H and O–H groups in total. The lowest BCUT2D eigenvalue weighted by Gasteiger charge is -2.12. The predicted octanol–water partition coefficient (Wildman–Crippen LogP) is 6.31. The number of urea groups is 1. The van der Waals surface area contributed by atoms with Crippen molar-refractivity contribution in [1.29, 1.82) is 0 Å². The molecule has 0 aliphatic carbocycles. The van der Waals surface area contributed by atoms with E-state index in [0.717, 1.165) is 17.2 Å². The third-order valence-electron chi connectivity index (χ3n) is 3.69. The summed E-state index contributed by atoms with van der Waals surface area (Å²) in [5, 5.41) is 5.17. The van der Waals surface area contributed by atoms with E-state index in [4.69, 9.17) is 16.3 Å². The molecule has 30 heavy (non-hydrogen) atoms. The van der Waals surface area contributed by atoms with Crippen LogP contribution in [0.25, 0.3) is 0 Å². The van der Waals surface area contributed by atoms with Crippen molar-refractivity contribution in [2.45, 2.75) is 11.2 Å². The minimum atomic E-state index is -4.62. The SMILES string of the molecule is CSc1cc(Oc2ccc(NC(=O)Nc3ccc(Cl)c(C(F)(F)F)c3)cc2)ncn1. The molecule has 2 amide bonds. The van der Waals surface area contributed by atoms with Gasteiger partial charge in [0.25, 0.3) is 0 Å². The van der Waals surface area contributed by atoms with Crippen LogP contribution >= 0.6 is 23.4 Å². The molecule has 0 atom stereocenters. The number of nitrogens with one attached hydrogen (secondary N) is 2. The lowest BCUT2D eigenvalue weighted by molar-refractivity contribution is -0.137. The van der Waals surface area contributed by atoms with E-state index in [2.05, 4.69) is 20.6 Å². The van der Waals surface area contributed by atoms with Gasteiger partial charge in [0.1, 0.15) is 17.1 Å². The second-order valence-corrected chi connectivity index (χ2v) is 7.03. The molecule has 11 heteroatoms. The number of hydrogen-bond acceptors (Lipinski definition) is 5. The molecule has 0 saturated carbocycles. The number of nitrogens with zero attached hydrogens (tertiary/aromatic N) is 2. The summed E-state index contributed by atoms with van der Waals surface area (Å²) in [4.78, 5) is 20.2. The molecular weight excluding hydrogens is 441 g/mol. The highest BCUT2D eigenvalue weighted by atomic mass is 35.5. The van der Waals surface area contributed by atoms with Crippen LogP contribution in [-0.2, 0) is 6.18 Å². The van der Waals surface area contributed by atoms with Crippen LogP contribution in [0.15, 0.2) is 59.9 Å². The van der Waals surface area contributed by atoms with Crippen LogP contribution in [0.3, 0.4) is 0 Å². The summed E-state index contributed by atoms with van der Waals surface area (Å²) < 4.78 is 44.4. The van der Waals surface area contributed by atoms with E-state index in [-0.39, 0.29) is 5.69 Å². The largest absolute Gasteiger partial charge is 0.439 e. The number of thioether (sulfide) groups is 1. The molecule has 0 unspecified atom stereocenters. The van der Waals surface area contributed by atoms with Crippen molar-refractivity contribution in [2.75, 3.05) is 16.9 Å². The van der Waals surface area contributed by atoms with Crippen molar-refractivity contribution >= 4 is 40.8 Å². The predicted molar refractivity (Wildman–Crippen MR) is 109 cm³/mol. The van der Waals surface area contributed by atoms with Crippen LogP contribution in [0.4, 0.5) is 29.3 Å². The molecule has 0 saturated heterocycles. The van der Waals surface area contributed by atoms with Crippen LogP contribution in [-0.4, -0.2) is 22.3 Å². The molecule has 0 spiro atoms. The van der Waals surface area contributed by atoms with Crippen LogP contribution in [0.1, 0.15) is 5.56 Å². The van der Waals surface area contributed by atoms with Crippen LogP contribution < -0.4 is 15.4 Å². The normalized spacial score (nSPS) is 11.1. The minimum absolute atomic E-state index is 0.0439. The molecule has 0 bridgehead atoms. The number of carbonyl (C=O) groups is 1. The van der Waals surface area contributed by atoms with Gasteiger partial charge in [0.05, 0.1) is 10.6 Å². The molecular formula is C19H14ClF3N4O2S. The highest BCUT2D eigenvalue weighted by molar-refractivity contribution is 7.98. The Labute approximate surface area is 178 Å². The summed E-state index contributed by atoms with van der Waals surface area (Å²) >= 11 is 7.02. The third-order valence-corrected chi connectivity index (χ3v) is 4.66. The van der Waals surface area contributed by atoms with Crippen LogP contribution in [0.5, 0.6) is 11.6 Å². The van der Waals surface area contributed by atoms with E-state index in [1.54, 1.807) is 30.3 Å². The Hall–Kier alpha value is -2.98. The number of rotatable bonds is 5. The van der Waals surface area contributed by atoms with E-state index in [1.807, 2.05) is 6.26 Å². The third kappa shape index (κ3) is 5.77.